The van der Waals surface area contributed by atoms with Crippen molar-refractivity contribution in [3.8, 4) is 5.69 Å². The molecule has 0 saturated heterocycles. The number of rotatable bonds is 3. The molecule has 2 aromatic heterocycles. The zero-order valence-electron chi connectivity index (χ0n) is 17.8. The highest BCUT2D eigenvalue weighted by Gasteiger charge is 2.13. The lowest BCUT2D eigenvalue weighted by Crippen LogP contribution is -1.94. The minimum absolute atomic E-state index is 1.09. The molecule has 0 amide bonds. The summed E-state index contributed by atoms with van der Waals surface area (Å²) >= 11 is 1.85. The number of benzene rings is 5. The zero-order chi connectivity index (χ0) is 21.8. The van der Waals surface area contributed by atoms with Crippen LogP contribution in [0.3, 0.4) is 0 Å². The van der Waals surface area contributed by atoms with Gasteiger partial charge in [-0.1, -0.05) is 72.8 Å². The summed E-state index contributed by atoms with van der Waals surface area (Å²) in [6, 6.07) is 41.1. The normalized spacial score (nSPS) is 11.6. The molecule has 2 nitrogen and oxygen atoms in total. The molecule has 1 N–H and O–H groups in total. The van der Waals surface area contributed by atoms with Crippen LogP contribution in [0.25, 0.3) is 47.7 Å². The van der Waals surface area contributed by atoms with Gasteiger partial charge in [-0.3, -0.25) is 0 Å². The summed E-state index contributed by atoms with van der Waals surface area (Å²) in [5.41, 5.74) is 5.84. The third-order valence-electron chi connectivity index (χ3n) is 6.37. The van der Waals surface area contributed by atoms with E-state index in [-0.39, 0.29) is 0 Å². The van der Waals surface area contributed by atoms with Gasteiger partial charge in [0.25, 0.3) is 0 Å². The summed E-state index contributed by atoms with van der Waals surface area (Å²) in [6.07, 6.45) is 0. The first-order chi connectivity index (χ1) is 16.4. The van der Waals surface area contributed by atoms with Gasteiger partial charge in [0.05, 0.1) is 21.4 Å². The monoisotopic (exact) mass is 440 g/mol. The average Bonchev–Trinajstić information content (AvgIpc) is 3.41. The highest BCUT2D eigenvalue weighted by molar-refractivity contribution is 7.26. The summed E-state index contributed by atoms with van der Waals surface area (Å²) in [5.74, 6) is 0. The number of anilines is 2. The lowest BCUT2D eigenvalue weighted by atomic mass is 10.1. The van der Waals surface area contributed by atoms with E-state index in [1.165, 1.54) is 47.7 Å². The number of fused-ring (bicyclic) bond motifs is 6. The molecule has 0 aliphatic rings. The molecule has 7 aromatic rings. The van der Waals surface area contributed by atoms with Crippen molar-refractivity contribution in [2.75, 3.05) is 5.32 Å². The molecule has 33 heavy (non-hydrogen) atoms. The van der Waals surface area contributed by atoms with E-state index in [1.807, 2.05) is 11.3 Å². The van der Waals surface area contributed by atoms with E-state index in [9.17, 15) is 0 Å². The second-order valence-corrected chi connectivity index (χ2v) is 9.38. The van der Waals surface area contributed by atoms with Crippen LogP contribution in [-0.2, 0) is 0 Å². The van der Waals surface area contributed by atoms with Crippen LogP contribution >= 0.6 is 11.3 Å². The van der Waals surface area contributed by atoms with Gasteiger partial charge in [-0.15, -0.1) is 11.3 Å². The minimum Gasteiger partial charge on any atom is -0.354 e. The molecule has 5 aromatic carbocycles. The molecule has 0 saturated carbocycles. The van der Waals surface area contributed by atoms with Crippen molar-refractivity contribution >= 4 is 64.7 Å². The first-order valence-electron chi connectivity index (χ1n) is 11.1. The molecule has 0 spiro atoms. The third-order valence-corrected chi connectivity index (χ3v) is 7.59. The number of aromatic nitrogens is 1. The number of hydrogen-bond acceptors (Lipinski definition) is 2. The van der Waals surface area contributed by atoms with E-state index in [0.717, 1.165) is 11.4 Å². The van der Waals surface area contributed by atoms with E-state index in [1.54, 1.807) is 0 Å². The minimum atomic E-state index is 1.09. The number of nitrogens with zero attached hydrogens (tertiary/aromatic N) is 1. The van der Waals surface area contributed by atoms with E-state index >= 15 is 0 Å². The Morgan fingerprint density at radius 1 is 0.545 bits per heavy atom. The molecule has 0 radical (unpaired) electrons. The predicted molar refractivity (Wildman–Crippen MR) is 143 cm³/mol. The van der Waals surface area contributed by atoms with Crippen LogP contribution in [0, 0.1) is 0 Å². The third kappa shape index (κ3) is 2.86. The van der Waals surface area contributed by atoms with Crippen molar-refractivity contribution in [3.63, 3.8) is 0 Å². The summed E-state index contributed by atoms with van der Waals surface area (Å²) in [6.45, 7) is 0. The molecule has 3 heteroatoms. The second-order valence-electron chi connectivity index (χ2n) is 8.33. The molecular formula is C30H20N2S. The first-order valence-corrected chi connectivity index (χ1v) is 11.9. The van der Waals surface area contributed by atoms with Crippen molar-refractivity contribution in [2.45, 2.75) is 0 Å². The standard InChI is InChI=1S/C30H20N2S/c1-2-9-21(10-3-1)32-27-15-6-4-11-22(27)23-18-17-20(19-28(23)32)31-26-14-8-13-25-24-12-5-7-16-29(24)33-30(25)26/h1-19,31H. The number of hydrogen-bond donors (Lipinski definition) is 1. The second kappa shape index (κ2) is 7.22. The van der Waals surface area contributed by atoms with Crippen molar-refractivity contribution in [1.82, 2.24) is 4.57 Å². The van der Waals surface area contributed by atoms with Crippen LogP contribution < -0.4 is 5.32 Å². The highest BCUT2D eigenvalue weighted by Crippen LogP contribution is 2.40. The molecule has 0 unspecified atom stereocenters. The van der Waals surface area contributed by atoms with Crippen LogP contribution in [-0.4, -0.2) is 4.57 Å². The van der Waals surface area contributed by atoms with Crippen LogP contribution in [0.15, 0.2) is 115 Å². The van der Waals surface area contributed by atoms with Gasteiger partial charge >= 0.3 is 0 Å². The molecule has 0 bridgehead atoms. The van der Waals surface area contributed by atoms with E-state index in [4.69, 9.17) is 0 Å². The zero-order valence-corrected chi connectivity index (χ0v) is 18.6. The molecule has 7 rings (SSSR count). The lowest BCUT2D eigenvalue weighted by molar-refractivity contribution is 1.18. The van der Waals surface area contributed by atoms with Gasteiger partial charge in [0.1, 0.15) is 0 Å². The Labute approximate surface area is 195 Å². The molecule has 0 aliphatic carbocycles. The van der Waals surface area contributed by atoms with Crippen LogP contribution in [0.5, 0.6) is 0 Å². The summed E-state index contributed by atoms with van der Waals surface area (Å²) < 4.78 is 4.97. The van der Waals surface area contributed by atoms with Crippen molar-refractivity contribution < 1.29 is 0 Å². The van der Waals surface area contributed by atoms with Gasteiger partial charge in [-0.05, 0) is 42.5 Å². The SMILES string of the molecule is c1ccc(-n2c3ccccc3c3ccc(Nc4cccc5c4sc4ccccc45)cc32)cc1. The van der Waals surface area contributed by atoms with Crippen molar-refractivity contribution in [3.05, 3.63) is 115 Å². The van der Waals surface area contributed by atoms with Gasteiger partial charge in [0.2, 0.25) is 0 Å². The topological polar surface area (TPSA) is 17.0 Å². The van der Waals surface area contributed by atoms with Gasteiger partial charge < -0.3 is 9.88 Å². The fraction of sp³-hybridized carbons (Fsp3) is 0. The lowest BCUT2D eigenvalue weighted by Gasteiger charge is -2.11. The summed E-state index contributed by atoms with van der Waals surface area (Å²) in [7, 11) is 0. The maximum atomic E-state index is 3.72. The molecule has 0 aliphatic heterocycles. The molecule has 2 heterocycles. The van der Waals surface area contributed by atoms with Crippen molar-refractivity contribution in [2.24, 2.45) is 0 Å². The van der Waals surface area contributed by atoms with Gasteiger partial charge in [-0.2, -0.15) is 0 Å². The van der Waals surface area contributed by atoms with Crippen LogP contribution in [0.2, 0.25) is 0 Å². The largest absolute Gasteiger partial charge is 0.354 e. The Morgan fingerprint density at radius 2 is 1.27 bits per heavy atom. The fourth-order valence-electron chi connectivity index (χ4n) is 4.90. The van der Waals surface area contributed by atoms with Gasteiger partial charge in [0, 0.05) is 37.6 Å². The first kappa shape index (κ1) is 18.5. The van der Waals surface area contributed by atoms with Gasteiger partial charge in [-0.25, -0.2) is 0 Å². The number of para-hydroxylation sites is 2. The number of thiophene rings is 1. The Kier molecular flexibility index (Phi) is 4.05. The Balaban J connectivity index is 1.43. The Hall–Kier alpha value is -4.08. The highest BCUT2D eigenvalue weighted by atomic mass is 32.1. The summed E-state index contributed by atoms with van der Waals surface area (Å²) in [5, 5.41) is 8.88. The molecular weight excluding hydrogens is 420 g/mol. The van der Waals surface area contributed by atoms with Crippen LogP contribution in [0.4, 0.5) is 11.4 Å². The molecule has 0 fully saturated rings. The van der Waals surface area contributed by atoms with E-state index < -0.39 is 0 Å². The van der Waals surface area contributed by atoms with Gasteiger partial charge in [0.15, 0.2) is 0 Å². The maximum Gasteiger partial charge on any atom is 0.0590 e. The smallest absolute Gasteiger partial charge is 0.0590 e. The summed E-state index contributed by atoms with van der Waals surface area (Å²) in [4.78, 5) is 0. The molecule has 0 atom stereocenters. The van der Waals surface area contributed by atoms with E-state index in [2.05, 4.69) is 125 Å². The maximum absolute atomic E-state index is 3.72. The van der Waals surface area contributed by atoms with Crippen molar-refractivity contribution in [1.29, 1.82) is 0 Å². The van der Waals surface area contributed by atoms with Crippen LogP contribution in [0.1, 0.15) is 0 Å². The Bertz CT molecular complexity index is 1790. The quantitative estimate of drug-likeness (QED) is 0.290. The molecule has 156 valence electrons. The number of nitrogens with one attached hydrogen (secondary N) is 1. The predicted octanol–water partition coefficient (Wildman–Crippen LogP) is 8.90. The van der Waals surface area contributed by atoms with E-state index in [0.29, 0.717) is 0 Å². The fourth-order valence-corrected chi connectivity index (χ4v) is 6.08. The Morgan fingerprint density at radius 3 is 2.18 bits per heavy atom. The average molecular weight is 441 g/mol.